The monoisotopic (exact) mass is 1000 g/mol. The molecule has 0 aromatic heterocycles. The van der Waals surface area contributed by atoms with E-state index in [-0.39, 0.29) is 0 Å². The molecule has 34 nitrogen and oxygen atoms in total. The third-order valence-electron chi connectivity index (χ3n) is 5.34. The fourth-order valence-electron chi connectivity index (χ4n) is 3.83. The normalized spacial score (nSPS) is 26.3. The Hall–Kier alpha value is -0.450. The minimum Gasteiger partial charge on any atom is -0.341 e. The second-order valence-electron chi connectivity index (χ2n) is 9.02. The van der Waals surface area contributed by atoms with Crippen LogP contribution >= 0.6 is 0 Å². The Morgan fingerprint density at radius 2 is 1.02 bits per heavy atom. The molecule has 1 saturated heterocycles. The van der Waals surface area contributed by atoms with Crippen molar-refractivity contribution < 1.29 is 147 Å². The highest BCUT2D eigenvalue weighted by Gasteiger charge is 2.55. The van der Waals surface area contributed by atoms with Gasteiger partial charge in [-0.1, -0.05) is 0 Å². The van der Waals surface area contributed by atoms with Crippen LogP contribution in [0.25, 0.3) is 0 Å². The molecule has 0 amide bonds. The van der Waals surface area contributed by atoms with E-state index in [0.29, 0.717) is 0 Å². The molecule has 0 saturated carbocycles. The molecule has 1 aliphatic rings. The minimum absolute atomic E-state index is 1.48. The van der Waals surface area contributed by atoms with Gasteiger partial charge in [-0.3, -0.25) is 57.7 Å². The summed E-state index contributed by atoms with van der Waals surface area (Å²) in [5.41, 5.74) is 0. The quantitative estimate of drug-likeness (QED) is 0.0288. The fourth-order valence-corrected chi connectivity index (χ4v) is 7.37. The van der Waals surface area contributed by atoms with Gasteiger partial charge in [0.2, 0.25) is 0 Å². The van der Waals surface area contributed by atoms with E-state index in [0.717, 1.165) is 0 Å². The maximum atomic E-state index is 11.9. The van der Waals surface area contributed by atoms with E-state index in [1.807, 2.05) is 0 Å². The number of hydrogen-bond donors (Lipinski definition) is 9. The van der Waals surface area contributed by atoms with E-state index >= 15 is 0 Å². The lowest BCUT2D eigenvalue weighted by atomic mass is 9.98. The van der Waals surface area contributed by atoms with Gasteiger partial charge >= 0.3 is 97.4 Å². The zero-order valence-corrected chi connectivity index (χ0v) is 32.6. The van der Waals surface area contributed by atoms with E-state index < -0.39 is 172 Å². The molecule has 0 aromatic rings. The predicted octanol–water partition coefficient (Wildman–Crippen LogP) is -5.98. The van der Waals surface area contributed by atoms with E-state index in [1.165, 1.54) is 0 Å². The average molecular weight is 1000 g/mol. The molecule has 43 heteroatoms. The zero-order valence-electron chi connectivity index (χ0n) is 25.2. The van der Waals surface area contributed by atoms with Crippen LogP contribution in [0.5, 0.6) is 0 Å². The first-order valence-electron chi connectivity index (χ1n) is 12.3. The summed E-state index contributed by atoms with van der Waals surface area (Å²) in [5.74, 6) is 0. The summed E-state index contributed by atoms with van der Waals surface area (Å²) in [6.45, 7) is -5.68. The molecule has 0 spiro atoms. The smallest absolute Gasteiger partial charge is 0.341 e. The van der Waals surface area contributed by atoms with E-state index in [2.05, 4.69) is 37.6 Å². The third-order valence-corrected chi connectivity index (χ3v) is 9.15. The van der Waals surface area contributed by atoms with Crippen molar-refractivity contribution in [2.75, 3.05) is 19.8 Å². The topological polar surface area (TPSA) is 523 Å². The summed E-state index contributed by atoms with van der Waals surface area (Å²) < 4.78 is 294. The van der Waals surface area contributed by atoms with E-state index in [4.69, 9.17) is 23.1 Å². The van der Waals surface area contributed by atoms with Gasteiger partial charge in [0.1, 0.15) is 42.7 Å². The van der Waals surface area contributed by atoms with Gasteiger partial charge in [0.15, 0.2) is 12.4 Å². The highest BCUT2D eigenvalue weighted by molar-refractivity contribution is 7.82. The standard InChI is InChI=1S/C12H24O34S9/c13-47(14)36-1-4-8(42-49(17)18)10(43-50(19)20)11(46-55(33,34)35)12(39-4)40-7(6(44-53(27,28)29)3-38-52(24,25)26)9(45-54(30,31)32)5(41-48(15)16)2-37-51(21,22)23/h4-12H,1-3H2,(H,13,14)(H,15,16)(H,17,18)(H,19,20)(H,21,22,23)(H,24,25,26)(H,27,28,29)(H,30,31,32)(H,33,34,35)/t4-,5+,6-,7-,8-,9-,10+,11-,12-/m1/s1. The first-order chi connectivity index (χ1) is 24.7. The van der Waals surface area contributed by atoms with Crippen molar-refractivity contribution in [2.24, 2.45) is 0 Å². The van der Waals surface area contributed by atoms with Crippen LogP contribution in [-0.2, 0) is 145 Å². The van der Waals surface area contributed by atoms with Crippen LogP contribution in [0, 0.1) is 0 Å². The predicted molar refractivity (Wildman–Crippen MR) is 161 cm³/mol. The average Bonchev–Trinajstić information content (AvgIpc) is 2.93. The van der Waals surface area contributed by atoms with Gasteiger partial charge in [0, 0.05) is 0 Å². The molecule has 0 bridgehead atoms. The van der Waals surface area contributed by atoms with E-state index in [9.17, 15) is 86.2 Å². The molecule has 0 aromatic carbocycles. The SMILES string of the molecule is O=S(O)OC[C@H]1O[C@H](O[C@@H]([C@H](OS(=O)(=O)O)[C@H](COS(=O)(=O)O)OS(=O)O)[C@@H](COS(=O)(=O)O)OS(=O)(=O)O)[C@H](OS(=O)(=O)O)[C@@H](OS(=O)O)[C@@H]1OS(=O)O. The minimum atomic E-state index is -6.24. The first kappa shape index (κ1) is 52.6. The Balaban J connectivity index is 4.37. The number of rotatable bonds is 26. The largest absolute Gasteiger partial charge is 0.397 e. The van der Waals surface area contributed by atoms with Crippen LogP contribution in [-0.4, -0.2) is 175 Å². The Kier molecular flexibility index (Phi) is 20.7. The summed E-state index contributed by atoms with van der Waals surface area (Å²) in [7, 11) is -30.0. The van der Waals surface area contributed by atoms with Gasteiger partial charge in [-0.2, -0.15) is 58.9 Å². The molecule has 1 heterocycles. The van der Waals surface area contributed by atoms with Crippen LogP contribution in [0.2, 0.25) is 0 Å². The molecular formula is C12H24O34S9. The molecule has 9 N–H and O–H groups in total. The van der Waals surface area contributed by atoms with Crippen molar-refractivity contribution in [3.05, 3.63) is 0 Å². The summed E-state index contributed by atoms with van der Waals surface area (Å²) in [5, 5.41) is 0. The van der Waals surface area contributed by atoms with Gasteiger partial charge in [-0.15, -0.1) is 0 Å². The Bertz CT molecular complexity index is 1920. The highest BCUT2D eigenvalue weighted by atomic mass is 32.3. The molecule has 1 rings (SSSR count). The van der Waals surface area contributed by atoms with Crippen molar-refractivity contribution >= 4 is 97.4 Å². The van der Waals surface area contributed by atoms with Crippen molar-refractivity contribution in [1.82, 2.24) is 0 Å². The van der Waals surface area contributed by atoms with Gasteiger partial charge in [0.05, 0.1) is 19.8 Å². The van der Waals surface area contributed by atoms with Crippen LogP contribution in [0.15, 0.2) is 0 Å². The Morgan fingerprint density at radius 3 is 1.42 bits per heavy atom. The van der Waals surface area contributed by atoms with Crippen LogP contribution in [0.1, 0.15) is 0 Å². The van der Waals surface area contributed by atoms with E-state index in [1.54, 1.807) is 0 Å². The summed E-state index contributed by atoms with van der Waals surface area (Å²) in [6, 6.07) is 0. The lowest BCUT2D eigenvalue weighted by molar-refractivity contribution is -0.312. The van der Waals surface area contributed by atoms with Gasteiger partial charge < -0.3 is 9.47 Å². The van der Waals surface area contributed by atoms with Crippen molar-refractivity contribution in [1.29, 1.82) is 0 Å². The summed E-state index contributed by atoms with van der Waals surface area (Å²) >= 11 is -14.5. The Morgan fingerprint density at radius 1 is 0.545 bits per heavy atom. The van der Waals surface area contributed by atoms with Crippen LogP contribution in [0.3, 0.4) is 0 Å². The second kappa shape index (κ2) is 21.7. The van der Waals surface area contributed by atoms with Gasteiger partial charge in [-0.25, -0.2) is 20.9 Å². The first-order valence-corrected chi connectivity index (χ1v) is 23.2. The maximum Gasteiger partial charge on any atom is 0.397 e. The molecule has 0 aliphatic carbocycles. The second-order valence-corrected chi connectivity index (χ2v) is 16.9. The third kappa shape index (κ3) is 22.5. The van der Waals surface area contributed by atoms with Crippen molar-refractivity contribution in [3.8, 4) is 0 Å². The molecular weight excluding hydrogens is 977 g/mol. The zero-order chi connectivity index (χ0) is 42.9. The number of hydrogen-bond acceptors (Lipinski definition) is 25. The van der Waals surface area contributed by atoms with Crippen LogP contribution in [0.4, 0.5) is 0 Å². The van der Waals surface area contributed by atoms with Gasteiger partial charge in [0.25, 0.3) is 0 Å². The molecule has 1 fully saturated rings. The lowest BCUT2D eigenvalue weighted by Gasteiger charge is -2.45. The molecule has 1 aliphatic heterocycles. The summed E-state index contributed by atoms with van der Waals surface area (Å²) in [6.07, 6.45) is -27.5. The molecule has 0 radical (unpaired) electrons. The number of ether oxygens (including phenoxy) is 2. The molecule has 55 heavy (non-hydrogen) atoms. The highest BCUT2D eigenvalue weighted by Crippen LogP contribution is 2.34. The Labute approximate surface area is 318 Å². The fraction of sp³-hybridized carbons (Fsp3) is 1.00. The van der Waals surface area contributed by atoms with Crippen LogP contribution < -0.4 is 0 Å². The summed E-state index contributed by atoms with van der Waals surface area (Å²) in [4.78, 5) is 0. The molecule has 4 unspecified atom stereocenters. The molecule has 330 valence electrons. The van der Waals surface area contributed by atoms with Gasteiger partial charge in [-0.05, 0) is 0 Å². The molecule has 13 atom stereocenters. The van der Waals surface area contributed by atoms with Crippen molar-refractivity contribution in [2.45, 2.75) is 55.1 Å². The lowest BCUT2D eigenvalue weighted by Crippen LogP contribution is -2.64. The maximum absolute atomic E-state index is 11.9. The van der Waals surface area contributed by atoms with Crippen molar-refractivity contribution in [3.63, 3.8) is 0 Å².